The number of H-pyrrole nitrogens is 1. The molecule has 26 heavy (non-hydrogen) atoms. The average Bonchev–Trinajstić information content (AvgIpc) is 3.18. The lowest BCUT2D eigenvalue weighted by Crippen LogP contribution is -2.36. The number of rotatable bonds is 4. The Kier molecular flexibility index (Phi) is 4.63. The summed E-state index contributed by atoms with van der Waals surface area (Å²) in [6.07, 6.45) is -7.51. The Labute approximate surface area is 144 Å². The van der Waals surface area contributed by atoms with Gasteiger partial charge in [-0.05, 0) is 18.1 Å². The molecule has 2 aromatic heterocycles. The summed E-state index contributed by atoms with van der Waals surface area (Å²) < 4.78 is 79.3. The summed E-state index contributed by atoms with van der Waals surface area (Å²) in [4.78, 5) is 6.63. The van der Waals surface area contributed by atoms with Crippen molar-refractivity contribution >= 4 is 22.3 Å². The van der Waals surface area contributed by atoms with E-state index >= 15 is 0 Å². The second kappa shape index (κ2) is 6.49. The molecule has 0 aliphatic carbocycles. The molecule has 0 radical (unpaired) electrons. The van der Waals surface area contributed by atoms with E-state index in [1.807, 2.05) is 6.08 Å². The molecule has 3 N–H and O–H groups in total. The van der Waals surface area contributed by atoms with E-state index in [9.17, 15) is 26.3 Å². The number of nitrogens with zero attached hydrogens (tertiary/aromatic N) is 1. The first-order chi connectivity index (χ1) is 12.1. The third kappa shape index (κ3) is 3.50. The average molecular weight is 378 g/mol. The highest BCUT2D eigenvalue weighted by molar-refractivity contribution is 5.94. The maximum Gasteiger partial charge on any atom is 0.419 e. The molecule has 142 valence electrons. The van der Waals surface area contributed by atoms with Crippen LogP contribution >= 0.6 is 0 Å². The summed E-state index contributed by atoms with van der Waals surface area (Å²) >= 11 is 0. The van der Waals surface area contributed by atoms with Gasteiger partial charge in [-0.25, -0.2) is 4.98 Å². The van der Waals surface area contributed by atoms with Gasteiger partial charge in [0.05, 0.1) is 11.3 Å². The third-order valence-corrected chi connectivity index (χ3v) is 4.24. The molecule has 0 bridgehead atoms. The zero-order valence-corrected chi connectivity index (χ0v) is 13.6. The van der Waals surface area contributed by atoms with Crippen molar-refractivity contribution in [1.29, 1.82) is 0 Å². The van der Waals surface area contributed by atoms with Crippen LogP contribution in [0.15, 0.2) is 18.3 Å². The number of anilines is 1. The van der Waals surface area contributed by atoms with Crippen molar-refractivity contribution < 1.29 is 26.3 Å². The second-order valence-corrected chi connectivity index (χ2v) is 6.00. The number of hydrogen-bond acceptors (Lipinski definition) is 3. The zero-order chi connectivity index (χ0) is 19.1. The maximum absolute atomic E-state index is 13.3. The topological polar surface area (TPSA) is 52.7 Å². The Balaban J connectivity index is 2.15. The standard InChI is InChI=1S/C16H16F6N4/c1-2-12(16(20,21)22)26-13-9-5-11(8-3-4-23-6-8)25-14(9)24-7-10(13)15(17,18)19/h3,5,7,12,23H,2,4,6H2,1H3,(H2,24,25,26)/t12-/m0/s1. The van der Waals surface area contributed by atoms with E-state index in [4.69, 9.17) is 0 Å². The largest absolute Gasteiger partial charge is 0.419 e. The van der Waals surface area contributed by atoms with Gasteiger partial charge in [-0.15, -0.1) is 0 Å². The Morgan fingerprint density at radius 2 is 1.96 bits per heavy atom. The van der Waals surface area contributed by atoms with Crippen LogP contribution in [-0.4, -0.2) is 35.3 Å². The first kappa shape index (κ1) is 18.6. The fraction of sp³-hybridized carbons (Fsp3) is 0.438. The van der Waals surface area contributed by atoms with Gasteiger partial charge in [0.15, 0.2) is 0 Å². The van der Waals surface area contributed by atoms with Crippen molar-refractivity contribution in [2.45, 2.75) is 31.7 Å². The lowest BCUT2D eigenvalue weighted by Gasteiger charge is -2.24. The Hall–Kier alpha value is -2.23. The van der Waals surface area contributed by atoms with Crippen LogP contribution in [0.4, 0.5) is 32.0 Å². The van der Waals surface area contributed by atoms with E-state index < -0.39 is 36.1 Å². The molecule has 10 heteroatoms. The van der Waals surface area contributed by atoms with Crippen LogP contribution in [0.25, 0.3) is 16.6 Å². The number of hydrogen-bond donors (Lipinski definition) is 3. The minimum atomic E-state index is -4.83. The molecule has 3 heterocycles. The van der Waals surface area contributed by atoms with Gasteiger partial charge in [-0.3, -0.25) is 0 Å². The predicted molar refractivity (Wildman–Crippen MR) is 85.7 cm³/mol. The molecular weight excluding hydrogens is 362 g/mol. The molecule has 1 atom stereocenters. The molecule has 2 aromatic rings. The number of fused-ring (bicyclic) bond motifs is 1. The normalized spacial score (nSPS) is 16.8. The van der Waals surface area contributed by atoms with Crippen molar-refractivity contribution in [1.82, 2.24) is 15.3 Å². The quantitative estimate of drug-likeness (QED) is 0.695. The minimum absolute atomic E-state index is 0.0228. The fourth-order valence-corrected chi connectivity index (χ4v) is 2.89. The van der Waals surface area contributed by atoms with Crippen LogP contribution in [0.5, 0.6) is 0 Å². The molecule has 0 saturated heterocycles. The van der Waals surface area contributed by atoms with E-state index in [-0.39, 0.29) is 11.0 Å². The molecule has 1 aliphatic rings. The molecule has 0 aromatic carbocycles. The van der Waals surface area contributed by atoms with Gasteiger partial charge in [0.1, 0.15) is 11.7 Å². The summed E-state index contributed by atoms with van der Waals surface area (Å²) in [7, 11) is 0. The number of halogens is 6. The van der Waals surface area contributed by atoms with Gasteiger partial charge in [0.25, 0.3) is 0 Å². The number of alkyl halides is 6. The Morgan fingerprint density at radius 1 is 1.23 bits per heavy atom. The smallest absolute Gasteiger partial charge is 0.373 e. The lowest BCUT2D eigenvalue weighted by atomic mass is 10.1. The van der Waals surface area contributed by atoms with Gasteiger partial charge in [-0.2, -0.15) is 26.3 Å². The van der Waals surface area contributed by atoms with Crippen LogP contribution in [0.2, 0.25) is 0 Å². The van der Waals surface area contributed by atoms with Gasteiger partial charge in [-0.1, -0.05) is 13.0 Å². The van der Waals surface area contributed by atoms with E-state index in [1.54, 1.807) is 0 Å². The van der Waals surface area contributed by atoms with E-state index in [0.717, 1.165) is 5.57 Å². The van der Waals surface area contributed by atoms with Crippen LogP contribution in [0, 0.1) is 0 Å². The van der Waals surface area contributed by atoms with Crippen LogP contribution in [0.3, 0.4) is 0 Å². The minimum Gasteiger partial charge on any atom is -0.373 e. The van der Waals surface area contributed by atoms with Gasteiger partial charge in [0.2, 0.25) is 0 Å². The zero-order valence-electron chi connectivity index (χ0n) is 13.6. The van der Waals surface area contributed by atoms with Gasteiger partial charge < -0.3 is 15.6 Å². The molecule has 0 saturated carbocycles. The molecule has 1 aliphatic heterocycles. The van der Waals surface area contributed by atoms with Crippen molar-refractivity contribution in [2.24, 2.45) is 0 Å². The van der Waals surface area contributed by atoms with Crippen molar-refractivity contribution in [3.8, 4) is 0 Å². The molecule has 4 nitrogen and oxygen atoms in total. The van der Waals surface area contributed by atoms with Crippen LogP contribution in [0.1, 0.15) is 24.6 Å². The van der Waals surface area contributed by atoms with E-state index in [1.165, 1.54) is 13.0 Å². The molecule has 0 spiro atoms. The van der Waals surface area contributed by atoms with Crippen molar-refractivity contribution in [2.75, 3.05) is 18.4 Å². The molecule has 0 amide bonds. The maximum atomic E-state index is 13.3. The predicted octanol–water partition coefficient (Wildman–Crippen LogP) is 4.32. The second-order valence-electron chi connectivity index (χ2n) is 6.00. The van der Waals surface area contributed by atoms with E-state index in [0.29, 0.717) is 25.0 Å². The molecule has 0 unspecified atom stereocenters. The van der Waals surface area contributed by atoms with Crippen LogP contribution in [-0.2, 0) is 6.18 Å². The lowest BCUT2D eigenvalue weighted by molar-refractivity contribution is -0.144. The number of aromatic amines is 1. The van der Waals surface area contributed by atoms with Gasteiger partial charge in [0, 0.05) is 30.4 Å². The third-order valence-electron chi connectivity index (χ3n) is 4.24. The highest BCUT2D eigenvalue weighted by Crippen LogP contribution is 2.40. The number of nitrogens with one attached hydrogen (secondary N) is 3. The summed E-state index contributed by atoms with van der Waals surface area (Å²) in [6.45, 7) is 2.39. The van der Waals surface area contributed by atoms with E-state index in [2.05, 4.69) is 20.6 Å². The first-order valence-corrected chi connectivity index (χ1v) is 7.93. The highest BCUT2D eigenvalue weighted by Gasteiger charge is 2.41. The SMILES string of the molecule is CC[C@H](Nc1c(C(F)(F)F)cnc2[nH]c(C3=CCNC3)cc12)C(F)(F)F. The Bertz CT molecular complexity index is 834. The Morgan fingerprint density at radius 3 is 2.50 bits per heavy atom. The molecule has 3 rings (SSSR count). The van der Waals surface area contributed by atoms with Gasteiger partial charge >= 0.3 is 12.4 Å². The molecular formula is C16H16F6N4. The van der Waals surface area contributed by atoms with Crippen molar-refractivity contribution in [3.05, 3.63) is 29.6 Å². The summed E-state index contributed by atoms with van der Waals surface area (Å²) in [5.74, 6) is 0. The highest BCUT2D eigenvalue weighted by atomic mass is 19.4. The van der Waals surface area contributed by atoms with Crippen LogP contribution < -0.4 is 10.6 Å². The fourth-order valence-electron chi connectivity index (χ4n) is 2.89. The first-order valence-electron chi connectivity index (χ1n) is 7.93. The number of aromatic nitrogens is 2. The monoisotopic (exact) mass is 378 g/mol. The summed E-state index contributed by atoms with van der Waals surface area (Å²) in [5, 5.41) is 5.08. The number of pyridine rings is 1. The molecule has 0 fully saturated rings. The van der Waals surface area contributed by atoms with Crippen molar-refractivity contribution in [3.63, 3.8) is 0 Å². The summed E-state index contributed by atoms with van der Waals surface area (Å²) in [5.41, 5.74) is -0.386. The summed E-state index contributed by atoms with van der Waals surface area (Å²) in [6, 6.07) is -0.693.